The van der Waals surface area contributed by atoms with Gasteiger partial charge in [-0.1, -0.05) is 0 Å². The molecule has 0 aliphatic carbocycles. The molecule has 0 bridgehead atoms. The second kappa shape index (κ2) is 2.92. The van der Waals surface area contributed by atoms with Crippen molar-refractivity contribution >= 4 is 5.82 Å². The fraction of sp³-hybridized carbons (Fsp3) is 0.571. The number of nitrogens with zero attached hydrogens (tertiary/aromatic N) is 2. The number of rotatable bonds is 1. The lowest BCUT2D eigenvalue weighted by Crippen LogP contribution is -2.43. The van der Waals surface area contributed by atoms with Crippen molar-refractivity contribution in [1.82, 2.24) is 10.3 Å². The molecule has 4 heteroatoms. The van der Waals surface area contributed by atoms with Crippen molar-refractivity contribution < 1.29 is 4.42 Å². The first kappa shape index (κ1) is 6.67. The zero-order valence-corrected chi connectivity index (χ0v) is 6.21. The number of oxazole rings is 1. The van der Waals surface area contributed by atoms with Gasteiger partial charge in [-0.3, -0.25) is 0 Å². The normalized spacial score (nSPS) is 18.7. The van der Waals surface area contributed by atoms with E-state index in [0.717, 1.165) is 32.0 Å². The number of aromatic nitrogens is 1. The lowest BCUT2D eigenvalue weighted by Gasteiger charge is -2.26. The maximum Gasteiger partial charge on any atom is 0.285 e. The summed E-state index contributed by atoms with van der Waals surface area (Å²) in [6.45, 7) is 4.04. The Labute approximate surface area is 65.2 Å². The summed E-state index contributed by atoms with van der Waals surface area (Å²) >= 11 is 0. The Morgan fingerprint density at radius 1 is 1.55 bits per heavy atom. The van der Waals surface area contributed by atoms with Crippen LogP contribution in [0.3, 0.4) is 0 Å². The molecule has 0 atom stereocenters. The molecular weight excluding hydrogens is 142 g/mol. The van der Waals surface area contributed by atoms with E-state index in [4.69, 9.17) is 4.42 Å². The molecule has 0 aromatic carbocycles. The molecule has 0 unspecified atom stereocenters. The van der Waals surface area contributed by atoms with Gasteiger partial charge in [0.25, 0.3) is 6.39 Å². The summed E-state index contributed by atoms with van der Waals surface area (Å²) in [6, 6.07) is 0. The summed E-state index contributed by atoms with van der Waals surface area (Å²) in [5.41, 5.74) is 0. The van der Waals surface area contributed by atoms with E-state index in [0.29, 0.717) is 0 Å². The van der Waals surface area contributed by atoms with Crippen LogP contribution >= 0.6 is 0 Å². The first-order chi connectivity index (χ1) is 5.47. The van der Waals surface area contributed by atoms with Gasteiger partial charge in [0.05, 0.1) is 0 Å². The van der Waals surface area contributed by atoms with E-state index in [9.17, 15) is 0 Å². The SMILES string of the molecule is [c]1nc(N2CCNCC2)co1. The molecule has 0 saturated carbocycles. The quantitative estimate of drug-likeness (QED) is 0.609. The highest BCUT2D eigenvalue weighted by Crippen LogP contribution is 2.09. The third-order valence-corrected chi connectivity index (χ3v) is 1.82. The van der Waals surface area contributed by atoms with Crippen molar-refractivity contribution in [3.05, 3.63) is 12.7 Å². The molecule has 1 aliphatic rings. The molecule has 1 aromatic rings. The maximum atomic E-state index is 4.77. The minimum atomic E-state index is 0.895. The van der Waals surface area contributed by atoms with Crippen LogP contribution in [0.25, 0.3) is 0 Å². The second-order valence-electron chi connectivity index (χ2n) is 2.53. The van der Waals surface area contributed by atoms with E-state index in [1.807, 2.05) is 0 Å². The Balaban J connectivity index is 2.04. The third kappa shape index (κ3) is 1.35. The molecule has 0 spiro atoms. The zero-order valence-electron chi connectivity index (χ0n) is 6.21. The monoisotopic (exact) mass is 152 g/mol. The van der Waals surface area contributed by atoms with Crippen molar-refractivity contribution in [2.75, 3.05) is 31.1 Å². The molecule has 11 heavy (non-hydrogen) atoms. The number of nitrogens with one attached hydrogen (secondary N) is 1. The highest BCUT2D eigenvalue weighted by molar-refractivity contribution is 5.34. The first-order valence-corrected chi connectivity index (χ1v) is 3.74. The van der Waals surface area contributed by atoms with Gasteiger partial charge in [-0.25, -0.2) is 0 Å². The van der Waals surface area contributed by atoms with Gasteiger partial charge in [0.2, 0.25) is 0 Å². The molecule has 1 radical (unpaired) electrons. The van der Waals surface area contributed by atoms with Gasteiger partial charge >= 0.3 is 0 Å². The van der Waals surface area contributed by atoms with Crippen LogP contribution in [-0.2, 0) is 0 Å². The Morgan fingerprint density at radius 2 is 2.36 bits per heavy atom. The number of hydrogen-bond donors (Lipinski definition) is 1. The second-order valence-corrected chi connectivity index (χ2v) is 2.53. The first-order valence-electron chi connectivity index (χ1n) is 3.74. The molecule has 4 nitrogen and oxygen atoms in total. The Hall–Kier alpha value is -1.03. The number of piperazine rings is 1. The molecule has 1 aromatic heterocycles. The van der Waals surface area contributed by atoms with E-state index in [1.54, 1.807) is 6.26 Å². The lowest BCUT2D eigenvalue weighted by atomic mass is 10.4. The highest BCUT2D eigenvalue weighted by Gasteiger charge is 2.11. The standard InChI is InChI=1S/C7H10N3O/c1-3-10(4-2-8-1)7-5-11-6-9-7/h5,8H,1-4H2. The maximum absolute atomic E-state index is 4.77. The van der Waals surface area contributed by atoms with Crippen LogP contribution in [0, 0.1) is 6.39 Å². The minimum Gasteiger partial charge on any atom is -0.439 e. The van der Waals surface area contributed by atoms with Crippen LogP contribution in [0.15, 0.2) is 10.7 Å². The van der Waals surface area contributed by atoms with Gasteiger partial charge in [-0.15, -0.1) is 0 Å². The molecule has 1 fully saturated rings. The van der Waals surface area contributed by atoms with E-state index >= 15 is 0 Å². The van der Waals surface area contributed by atoms with Gasteiger partial charge in [0.1, 0.15) is 6.26 Å². The Bertz CT molecular complexity index is 203. The van der Waals surface area contributed by atoms with Crippen LogP contribution in [-0.4, -0.2) is 31.2 Å². The molecular formula is C7H10N3O. The summed E-state index contributed by atoms with van der Waals surface area (Å²) in [5.74, 6) is 0.895. The van der Waals surface area contributed by atoms with E-state index in [2.05, 4.69) is 21.6 Å². The summed E-state index contributed by atoms with van der Waals surface area (Å²) < 4.78 is 4.77. The molecule has 1 saturated heterocycles. The average Bonchev–Trinajstić information content (AvgIpc) is 2.58. The lowest BCUT2D eigenvalue weighted by molar-refractivity contribution is 0.545. The van der Waals surface area contributed by atoms with Crippen molar-refractivity contribution in [3.63, 3.8) is 0 Å². The smallest absolute Gasteiger partial charge is 0.285 e. The average molecular weight is 152 g/mol. The predicted molar refractivity (Wildman–Crippen MR) is 40.4 cm³/mol. The van der Waals surface area contributed by atoms with Crippen molar-refractivity contribution in [2.45, 2.75) is 0 Å². The molecule has 1 N–H and O–H groups in total. The molecule has 59 valence electrons. The minimum absolute atomic E-state index is 0.895. The van der Waals surface area contributed by atoms with Crippen molar-refractivity contribution in [1.29, 1.82) is 0 Å². The molecule has 2 rings (SSSR count). The fourth-order valence-electron chi connectivity index (χ4n) is 1.22. The summed E-state index contributed by atoms with van der Waals surface area (Å²) in [4.78, 5) is 6.12. The van der Waals surface area contributed by atoms with Gasteiger partial charge in [0, 0.05) is 26.2 Å². The van der Waals surface area contributed by atoms with Crippen LogP contribution in [0.5, 0.6) is 0 Å². The largest absolute Gasteiger partial charge is 0.439 e. The third-order valence-electron chi connectivity index (χ3n) is 1.82. The van der Waals surface area contributed by atoms with Crippen molar-refractivity contribution in [3.8, 4) is 0 Å². The predicted octanol–water partition coefficient (Wildman–Crippen LogP) is -0.116. The summed E-state index contributed by atoms with van der Waals surface area (Å²) in [5, 5.41) is 3.27. The summed E-state index contributed by atoms with van der Waals surface area (Å²) in [7, 11) is 0. The topological polar surface area (TPSA) is 41.3 Å². The van der Waals surface area contributed by atoms with Crippen LogP contribution in [0.2, 0.25) is 0 Å². The number of hydrogen-bond acceptors (Lipinski definition) is 4. The fourth-order valence-corrected chi connectivity index (χ4v) is 1.22. The van der Waals surface area contributed by atoms with Gasteiger partial charge < -0.3 is 14.6 Å². The van der Waals surface area contributed by atoms with Gasteiger partial charge in [-0.05, 0) is 0 Å². The van der Waals surface area contributed by atoms with Crippen LogP contribution in [0.4, 0.5) is 5.82 Å². The van der Waals surface area contributed by atoms with Gasteiger partial charge in [-0.2, -0.15) is 4.98 Å². The molecule has 0 amide bonds. The number of anilines is 1. The zero-order chi connectivity index (χ0) is 7.52. The molecule has 1 aliphatic heterocycles. The van der Waals surface area contributed by atoms with Gasteiger partial charge in [0.15, 0.2) is 5.82 Å². The highest BCUT2D eigenvalue weighted by atomic mass is 16.3. The molecule has 2 heterocycles. The Morgan fingerprint density at radius 3 is 3.00 bits per heavy atom. The van der Waals surface area contributed by atoms with Crippen LogP contribution in [0.1, 0.15) is 0 Å². The van der Waals surface area contributed by atoms with E-state index in [-0.39, 0.29) is 0 Å². The summed E-state index contributed by atoms with van der Waals surface area (Å²) in [6.07, 6.45) is 4.07. The van der Waals surface area contributed by atoms with Crippen LogP contribution < -0.4 is 10.2 Å². The van der Waals surface area contributed by atoms with Crippen molar-refractivity contribution in [2.24, 2.45) is 0 Å². The van der Waals surface area contributed by atoms with E-state index in [1.165, 1.54) is 0 Å². The Kier molecular flexibility index (Phi) is 1.77. The van der Waals surface area contributed by atoms with E-state index < -0.39 is 0 Å².